The Kier molecular flexibility index (Phi) is 5.13. The highest BCUT2D eigenvalue weighted by Crippen LogP contribution is 2.28. The van der Waals surface area contributed by atoms with Crippen LogP contribution in [0, 0.1) is 5.82 Å². The monoisotopic (exact) mass is 385 g/mol. The molecule has 1 aromatic carbocycles. The molecule has 0 radical (unpaired) electrons. The third kappa shape index (κ3) is 3.77. The topological polar surface area (TPSA) is 93.2 Å². The first kappa shape index (κ1) is 18.6. The number of fused-ring (bicyclic) bond motifs is 1. The van der Waals surface area contributed by atoms with Crippen molar-refractivity contribution in [3.05, 3.63) is 47.0 Å². The van der Waals surface area contributed by atoms with Crippen molar-refractivity contribution in [2.45, 2.75) is 38.1 Å². The Hall–Kier alpha value is -2.74. The molecule has 1 aliphatic heterocycles. The first-order chi connectivity index (χ1) is 13.5. The normalized spacial score (nSPS) is 17.5. The molecule has 2 aromatic rings. The van der Waals surface area contributed by atoms with E-state index in [1.807, 2.05) is 4.90 Å². The SMILES string of the molecule is NC(=O)CN1CCC(NC(=O)c2nn(-c3ccc(F)cc3)c3c2CCC3)CC1. The van der Waals surface area contributed by atoms with Gasteiger partial charge in [0.05, 0.1) is 12.2 Å². The third-order valence-electron chi connectivity index (χ3n) is 5.52. The highest BCUT2D eigenvalue weighted by molar-refractivity contribution is 5.94. The maximum Gasteiger partial charge on any atom is 0.272 e. The van der Waals surface area contributed by atoms with Crippen molar-refractivity contribution in [1.29, 1.82) is 0 Å². The van der Waals surface area contributed by atoms with Crippen LogP contribution < -0.4 is 11.1 Å². The number of nitrogens with zero attached hydrogens (tertiary/aromatic N) is 3. The molecule has 2 aliphatic rings. The molecule has 0 saturated carbocycles. The number of nitrogens with two attached hydrogens (primary N) is 1. The van der Waals surface area contributed by atoms with Crippen molar-refractivity contribution < 1.29 is 14.0 Å². The minimum Gasteiger partial charge on any atom is -0.369 e. The zero-order valence-corrected chi connectivity index (χ0v) is 15.7. The minimum absolute atomic E-state index is 0.0599. The number of rotatable bonds is 5. The van der Waals surface area contributed by atoms with Gasteiger partial charge in [-0.2, -0.15) is 5.10 Å². The van der Waals surface area contributed by atoms with Crippen molar-refractivity contribution in [3.8, 4) is 5.69 Å². The third-order valence-corrected chi connectivity index (χ3v) is 5.52. The van der Waals surface area contributed by atoms with Crippen molar-refractivity contribution in [3.63, 3.8) is 0 Å². The van der Waals surface area contributed by atoms with Crippen molar-refractivity contribution in [1.82, 2.24) is 20.0 Å². The van der Waals surface area contributed by atoms with E-state index < -0.39 is 0 Å². The number of amides is 2. The van der Waals surface area contributed by atoms with Gasteiger partial charge in [-0.05, 0) is 56.4 Å². The Labute approximate surface area is 162 Å². The van der Waals surface area contributed by atoms with Gasteiger partial charge in [-0.15, -0.1) is 0 Å². The Morgan fingerprint density at radius 2 is 1.89 bits per heavy atom. The summed E-state index contributed by atoms with van der Waals surface area (Å²) in [6, 6.07) is 6.22. The van der Waals surface area contributed by atoms with Gasteiger partial charge < -0.3 is 11.1 Å². The van der Waals surface area contributed by atoms with Crippen molar-refractivity contribution in [2.75, 3.05) is 19.6 Å². The molecule has 7 nitrogen and oxygen atoms in total. The lowest BCUT2D eigenvalue weighted by Crippen LogP contribution is -2.46. The number of piperidine rings is 1. The van der Waals surface area contributed by atoms with Crippen LogP contribution in [0.5, 0.6) is 0 Å². The number of likely N-dealkylation sites (tertiary alicyclic amines) is 1. The molecule has 0 bridgehead atoms. The highest BCUT2D eigenvalue weighted by atomic mass is 19.1. The van der Waals surface area contributed by atoms with Gasteiger partial charge in [-0.3, -0.25) is 14.5 Å². The number of benzene rings is 1. The van der Waals surface area contributed by atoms with Crippen LogP contribution in [0.1, 0.15) is 41.0 Å². The summed E-state index contributed by atoms with van der Waals surface area (Å²) in [5, 5.41) is 7.66. The fourth-order valence-electron chi connectivity index (χ4n) is 4.13. The molecule has 148 valence electrons. The molecule has 28 heavy (non-hydrogen) atoms. The van der Waals surface area contributed by atoms with Crippen LogP contribution in [0.2, 0.25) is 0 Å². The number of aromatic nitrogens is 2. The second-order valence-corrected chi connectivity index (χ2v) is 7.51. The quantitative estimate of drug-likeness (QED) is 0.808. The Morgan fingerprint density at radius 3 is 2.57 bits per heavy atom. The van der Waals surface area contributed by atoms with E-state index in [-0.39, 0.29) is 30.2 Å². The molecule has 1 aliphatic carbocycles. The summed E-state index contributed by atoms with van der Waals surface area (Å²) >= 11 is 0. The van der Waals surface area contributed by atoms with E-state index >= 15 is 0 Å². The average molecular weight is 385 g/mol. The number of primary amides is 1. The van der Waals surface area contributed by atoms with Gasteiger partial charge in [-0.1, -0.05) is 0 Å². The molecular weight excluding hydrogens is 361 g/mol. The van der Waals surface area contributed by atoms with Crippen LogP contribution in [0.3, 0.4) is 0 Å². The lowest BCUT2D eigenvalue weighted by Gasteiger charge is -2.31. The van der Waals surface area contributed by atoms with Gasteiger partial charge in [-0.25, -0.2) is 9.07 Å². The number of carbonyl (C=O) groups is 2. The zero-order valence-electron chi connectivity index (χ0n) is 15.7. The van der Waals surface area contributed by atoms with E-state index in [1.165, 1.54) is 12.1 Å². The van der Waals surface area contributed by atoms with Crippen LogP contribution >= 0.6 is 0 Å². The number of hydrogen-bond donors (Lipinski definition) is 2. The molecular formula is C20H24FN5O2. The predicted molar refractivity (Wildman–Crippen MR) is 102 cm³/mol. The van der Waals surface area contributed by atoms with Crippen LogP contribution in [0.25, 0.3) is 5.69 Å². The fourth-order valence-corrected chi connectivity index (χ4v) is 4.13. The predicted octanol–water partition coefficient (Wildman–Crippen LogP) is 1.18. The lowest BCUT2D eigenvalue weighted by molar-refractivity contribution is -0.119. The molecule has 0 unspecified atom stereocenters. The molecule has 0 atom stereocenters. The highest BCUT2D eigenvalue weighted by Gasteiger charge is 2.29. The standard InChI is InChI=1S/C20H24FN5O2/c21-13-4-6-15(7-5-13)26-17-3-1-2-16(17)19(24-26)20(28)23-14-8-10-25(11-9-14)12-18(22)27/h4-7,14H,1-3,8-12H2,(H2,22,27)(H,23,28). The number of halogens is 1. The molecule has 3 N–H and O–H groups in total. The fraction of sp³-hybridized carbons (Fsp3) is 0.450. The Morgan fingerprint density at radius 1 is 1.18 bits per heavy atom. The van der Waals surface area contributed by atoms with Gasteiger partial charge in [0.2, 0.25) is 5.91 Å². The van der Waals surface area contributed by atoms with Crippen LogP contribution in [-0.4, -0.2) is 52.2 Å². The summed E-state index contributed by atoms with van der Waals surface area (Å²) in [4.78, 5) is 25.9. The van der Waals surface area contributed by atoms with Gasteiger partial charge in [0.1, 0.15) is 5.82 Å². The Bertz CT molecular complexity index is 885. The molecule has 2 amide bonds. The summed E-state index contributed by atoms with van der Waals surface area (Å²) in [6.45, 7) is 1.72. The number of carbonyl (C=O) groups excluding carboxylic acids is 2. The molecule has 8 heteroatoms. The number of hydrogen-bond acceptors (Lipinski definition) is 4. The largest absolute Gasteiger partial charge is 0.369 e. The van der Waals surface area contributed by atoms with Crippen molar-refractivity contribution >= 4 is 11.8 Å². The summed E-state index contributed by atoms with van der Waals surface area (Å²) in [5.74, 6) is -0.787. The summed E-state index contributed by atoms with van der Waals surface area (Å²) in [7, 11) is 0. The zero-order chi connectivity index (χ0) is 19.7. The maximum atomic E-state index is 13.2. The molecule has 0 spiro atoms. The maximum absolute atomic E-state index is 13.2. The molecule has 1 aromatic heterocycles. The molecule has 4 rings (SSSR count). The van der Waals surface area contributed by atoms with Crippen LogP contribution in [-0.2, 0) is 17.6 Å². The summed E-state index contributed by atoms with van der Waals surface area (Å²) < 4.78 is 15.0. The Balaban J connectivity index is 1.47. The second-order valence-electron chi connectivity index (χ2n) is 7.51. The van der Waals surface area contributed by atoms with E-state index in [0.29, 0.717) is 5.69 Å². The van der Waals surface area contributed by atoms with E-state index in [2.05, 4.69) is 10.4 Å². The van der Waals surface area contributed by atoms with Gasteiger partial charge >= 0.3 is 0 Å². The second kappa shape index (κ2) is 7.71. The first-order valence-electron chi connectivity index (χ1n) is 9.69. The van der Waals surface area contributed by atoms with Gasteiger partial charge in [0.25, 0.3) is 5.91 Å². The number of nitrogens with one attached hydrogen (secondary N) is 1. The van der Waals surface area contributed by atoms with Gasteiger partial charge in [0.15, 0.2) is 5.69 Å². The van der Waals surface area contributed by atoms with Crippen LogP contribution in [0.15, 0.2) is 24.3 Å². The van der Waals surface area contributed by atoms with E-state index in [1.54, 1.807) is 16.8 Å². The van der Waals surface area contributed by atoms with E-state index in [9.17, 15) is 14.0 Å². The smallest absolute Gasteiger partial charge is 0.272 e. The minimum atomic E-state index is -0.329. The average Bonchev–Trinajstić information content (AvgIpc) is 3.26. The first-order valence-corrected chi connectivity index (χ1v) is 9.69. The van der Waals surface area contributed by atoms with E-state index in [0.717, 1.165) is 62.1 Å². The summed E-state index contributed by atoms with van der Waals surface area (Å²) in [6.07, 6.45) is 4.23. The lowest BCUT2D eigenvalue weighted by atomic mass is 10.0. The summed E-state index contributed by atoms with van der Waals surface area (Å²) in [5.41, 5.74) is 8.50. The van der Waals surface area contributed by atoms with Crippen molar-refractivity contribution in [2.24, 2.45) is 5.73 Å². The van der Waals surface area contributed by atoms with Gasteiger partial charge in [0, 0.05) is 30.4 Å². The van der Waals surface area contributed by atoms with Crippen LogP contribution in [0.4, 0.5) is 4.39 Å². The van der Waals surface area contributed by atoms with E-state index in [4.69, 9.17) is 5.73 Å². The molecule has 2 heterocycles. The molecule has 1 fully saturated rings. The molecule has 1 saturated heterocycles.